The van der Waals surface area contributed by atoms with Crippen molar-refractivity contribution in [3.8, 4) is 0 Å². The highest BCUT2D eigenvalue weighted by atomic mass is 32.2. The van der Waals surface area contributed by atoms with Gasteiger partial charge in [0.25, 0.3) is 0 Å². The van der Waals surface area contributed by atoms with Gasteiger partial charge >= 0.3 is 11.9 Å². The van der Waals surface area contributed by atoms with Crippen molar-refractivity contribution in [2.24, 2.45) is 0 Å². The predicted octanol–water partition coefficient (Wildman–Crippen LogP) is 3.22. The van der Waals surface area contributed by atoms with Crippen molar-refractivity contribution in [3.05, 3.63) is 0 Å². The molecular weight excluding hydrogens is 434 g/mol. The Bertz CT molecular complexity index is 464. The largest absolute Gasteiger partial charge is 0.468 e. The van der Waals surface area contributed by atoms with Crippen molar-refractivity contribution >= 4 is 29.6 Å². The molecule has 0 bridgehead atoms. The van der Waals surface area contributed by atoms with Crippen LogP contribution < -0.4 is 5.32 Å². The summed E-state index contributed by atoms with van der Waals surface area (Å²) in [5, 5.41) is 19.4. The Labute approximate surface area is 198 Å². The predicted molar refractivity (Wildman–Crippen MR) is 129 cm³/mol. The van der Waals surface area contributed by atoms with Crippen LogP contribution in [0.25, 0.3) is 0 Å². The second-order valence-electron chi connectivity index (χ2n) is 7.41. The lowest BCUT2D eigenvalue weighted by Gasteiger charge is -2.10. The Morgan fingerprint density at radius 2 is 1.50 bits per heavy atom. The standard InChI is InChI=1S/C22H41NO6S.CH4O/c1-3-4-5-6-7-8-9-10-11-12-19(24)17-21(26)29-14-16-30-15-13-20(25)23-18-22(27)28-2;1-2/h19,24H,3-18H2,1-2H3,(H,23,25);2H,1H3. The number of methoxy groups -OCH3 is 1. The maximum Gasteiger partial charge on any atom is 0.325 e. The number of thioether (sulfide) groups is 1. The fraction of sp³-hybridized carbons (Fsp3) is 0.870. The number of hydrogen-bond donors (Lipinski definition) is 3. The molecule has 0 aliphatic carbocycles. The summed E-state index contributed by atoms with van der Waals surface area (Å²) in [5.74, 6) is 0.0816. The minimum absolute atomic E-state index is 0.0393. The number of amides is 1. The van der Waals surface area contributed by atoms with Gasteiger partial charge in [0.15, 0.2) is 0 Å². The summed E-state index contributed by atoms with van der Waals surface area (Å²) < 4.78 is 9.56. The van der Waals surface area contributed by atoms with Crippen LogP contribution in [0.4, 0.5) is 0 Å². The molecule has 0 radical (unpaired) electrons. The maximum atomic E-state index is 11.7. The van der Waals surface area contributed by atoms with Crippen molar-refractivity contribution in [2.45, 2.75) is 90.1 Å². The van der Waals surface area contributed by atoms with Gasteiger partial charge < -0.3 is 25.0 Å². The van der Waals surface area contributed by atoms with Crippen LogP contribution in [0.3, 0.4) is 0 Å². The van der Waals surface area contributed by atoms with Gasteiger partial charge in [-0.25, -0.2) is 0 Å². The van der Waals surface area contributed by atoms with E-state index in [9.17, 15) is 19.5 Å². The Hall–Kier alpha value is -1.32. The molecule has 1 unspecified atom stereocenters. The second kappa shape index (κ2) is 25.9. The molecule has 0 aliphatic rings. The molecule has 8 nitrogen and oxygen atoms in total. The van der Waals surface area contributed by atoms with Crippen LogP contribution in [-0.4, -0.2) is 73.0 Å². The van der Waals surface area contributed by atoms with E-state index in [4.69, 9.17) is 9.84 Å². The molecule has 9 heteroatoms. The Morgan fingerprint density at radius 1 is 0.906 bits per heavy atom. The van der Waals surface area contributed by atoms with Gasteiger partial charge in [0.05, 0.1) is 19.6 Å². The third-order valence-corrected chi connectivity index (χ3v) is 5.61. The summed E-state index contributed by atoms with van der Waals surface area (Å²) in [6, 6.07) is 0. The van der Waals surface area contributed by atoms with Gasteiger partial charge in [0.2, 0.25) is 5.91 Å². The third-order valence-electron chi connectivity index (χ3n) is 4.66. The van der Waals surface area contributed by atoms with E-state index in [0.29, 0.717) is 17.9 Å². The van der Waals surface area contributed by atoms with E-state index in [-0.39, 0.29) is 37.9 Å². The smallest absolute Gasteiger partial charge is 0.325 e. The van der Waals surface area contributed by atoms with Gasteiger partial charge in [-0.2, -0.15) is 11.8 Å². The third kappa shape index (κ3) is 24.9. The molecule has 0 aromatic heterocycles. The lowest BCUT2D eigenvalue weighted by atomic mass is 10.0. The number of nitrogens with one attached hydrogen (secondary N) is 1. The molecule has 0 aromatic rings. The van der Waals surface area contributed by atoms with Gasteiger partial charge in [-0.15, -0.1) is 0 Å². The van der Waals surface area contributed by atoms with E-state index in [2.05, 4.69) is 17.0 Å². The molecule has 0 fully saturated rings. The van der Waals surface area contributed by atoms with Crippen molar-refractivity contribution in [3.63, 3.8) is 0 Å². The van der Waals surface area contributed by atoms with E-state index >= 15 is 0 Å². The molecule has 32 heavy (non-hydrogen) atoms. The van der Waals surface area contributed by atoms with Crippen LogP contribution in [0.15, 0.2) is 0 Å². The fourth-order valence-electron chi connectivity index (χ4n) is 2.86. The minimum Gasteiger partial charge on any atom is -0.468 e. The molecule has 0 spiro atoms. The van der Waals surface area contributed by atoms with Crippen molar-refractivity contribution < 1.29 is 34.1 Å². The summed E-state index contributed by atoms with van der Waals surface area (Å²) >= 11 is 1.49. The summed E-state index contributed by atoms with van der Waals surface area (Å²) in [6.45, 7) is 2.36. The average molecular weight is 480 g/mol. The molecule has 0 heterocycles. The molecule has 0 saturated heterocycles. The molecule has 0 aliphatic heterocycles. The molecule has 0 saturated carbocycles. The van der Waals surface area contributed by atoms with Gasteiger partial charge in [-0.1, -0.05) is 64.7 Å². The van der Waals surface area contributed by atoms with E-state index in [0.717, 1.165) is 20.0 Å². The monoisotopic (exact) mass is 479 g/mol. The fourth-order valence-corrected chi connectivity index (χ4v) is 3.59. The normalized spacial score (nSPS) is 11.2. The Balaban J connectivity index is 0. The van der Waals surface area contributed by atoms with Crippen LogP contribution in [0, 0.1) is 0 Å². The zero-order chi connectivity index (χ0) is 24.5. The number of aliphatic hydroxyl groups is 2. The molecule has 1 amide bonds. The number of hydrogen-bond acceptors (Lipinski definition) is 8. The van der Waals surface area contributed by atoms with Crippen LogP contribution in [0.2, 0.25) is 0 Å². The van der Waals surface area contributed by atoms with Crippen LogP contribution in [-0.2, 0) is 23.9 Å². The number of carbonyl (C=O) groups is 3. The SMILES string of the molecule is CCCCCCCCCCCC(O)CC(=O)OCCSCCC(=O)NCC(=O)OC.CO. The van der Waals surface area contributed by atoms with E-state index < -0.39 is 12.1 Å². The highest BCUT2D eigenvalue weighted by Gasteiger charge is 2.12. The number of unbranched alkanes of at least 4 members (excludes halogenated alkanes) is 8. The molecule has 1 atom stereocenters. The van der Waals surface area contributed by atoms with Crippen molar-refractivity contribution in [2.75, 3.05) is 38.9 Å². The highest BCUT2D eigenvalue weighted by molar-refractivity contribution is 7.99. The summed E-state index contributed by atoms with van der Waals surface area (Å²) in [7, 11) is 2.27. The van der Waals surface area contributed by atoms with E-state index in [1.54, 1.807) is 0 Å². The van der Waals surface area contributed by atoms with Gasteiger partial charge in [-0.3, -0.25) is 14.4 Å². The van der Waals surface area contributed by atoms with Gasteiger partial charge in [0, 0.05) is 25.0 Å². The first-order valence-corrected chi connectivity index (χ1v) is 12.8. The number of ether oxygens (including phenoxy) is 2. The zero-order valence-corrected chi connectivity index (χ0v) is 21.1. The highest BCUT2D eigenvalue weighted by Crippen LogP contribution is 2.12. The van der Waals surface area contributed by atoms with Crippen LogP contribution in [0.1, 0.15) is 84.0 Å². The number of carbonyl (C=O) groups excluding carboxylic acids is 3. The zero-order valence-electron chi connectivity index (χ0n) is 20.2. The molecular formula is C23H45NO7S. The first kappa shape index (κ1) is 32.9. The summed E-state index contributed by atoms with van der Waals surface area (Å²) in [5.41, 5.74) is 0. The minimum atomic E-state index is -0.631. The quantitative estimate of drug-likeness (QED) is 0.180. The topological polar surface area (TPSA) is 122 Å². The molecule has 3 N–H and O–H groups in total. The second-order valence-corrected chi connectivity index (χ2v) is 8.64. The Kier molecular flexibility index (Phi) is 26.6. The van der Waals surface area contributed by atoms with Gasteiger partial charge in [0.1, 0.15) is 13.2 Å². The van der Waals surface area contributed by atoms with Crippen LogP contribution in [0.5, 0.6) is 0 Å². The lowest BCUT2D eigenvalue weighted by Crippen LogP contribution is -2.30. The number of aliphatic hydroxyl groups excluding tert-OH is 2. The first-order chi connectivity index (χ1) is 15.5. The average Bonchev–Trinajstić information content (AvgIpc) is 2.79. The molecule has 190 valence electrons. The van der Waals surface area contributed by atoms with Crippen molar-refractivity contribution in [1.29, 1.82) is 0 Å². The summed E-state index contributed by atoms with van der Waals surface area (Å²) in [4.78, 5) is 34.1. The molecule has 0 rings (SSSR count). The van der Waals surface area contributed by atoms with E-state index in [1.807, 2.05) is 0 Å². The first-order valence-electron chi connectivity index (χ1n) is 11.7. The van der Waals surface area contributed by atoms with Crippen molar-refractivity contribution in [1.82, 2.24) is 5.32 Å². The van der Waals surface area contributed by atoms with Gasteiger partial charge in [-0.05, 0) is 6.42 Å². The lowest BCUT2D eigenvalue weighted by molar-refractivity contribution is -0.145. The molecule has 0 aromatic carbocycles. The maximum absolute atomic E-state index is 11.7. The number of esters is 2. The van der Waals surface area contributed by atoms with Crippen LogP contribution >= 0.6 is 11.8 Å². The van der Waals surface area contributed by atoms with E-state index in [1.165, 1.54) is 63.8 Å². The Morgan fingerprint density at radius 3 is 2.09 bits per heavy atom. The number of rotatable bonds is 20. The summed E-state index contributed by atoms with van der Waals surface area (Å²) in [6.07, 6.45) is 11.4.